The Kier molecular flexibility index (Phi) is 5.84. The number of amides is 2. The number of para-hydroxylation sites is 2. The lowest BCUT2D eigenvalue weighted by molar-refractivity contribution is -0.128. The Balaban J connectivity index is 1.40. The summed E-state index contributed by atoms with van der Waals surface area (Å²) >= 11 is 6.04. The number of rotatable bonds is 6. The second kappa shape index (κ2) is 9.08. The van der Waals surface area contributed by atoms with E-state index in [1.54, 1.807) is 24.3 Å². The Bertz CT molecular complexity index is 1320. The van der Waals surface area contributed by atoms with Gasteiger partial charge in [-0.2, -0.15) is 0 Å². The molecule has 2 amide bonds. The molecule has 1 saturated heterocycles. The molecule has 1 aromatic heterocycles. The summed E-state index contributed by atoms with van der Waals surface area (Å²) in [7, 11) is 0. The van der Waals surface area contributed by atoms with Gasteiger partial charge in [-0.25, -0.2) is 4.98 Å². The number of imidazole rings is 1. The van der Waals surface area contributed by atoms with E-state index in [-0.39, 0.29) is 24.3 Å². The number of hydrogen-bond acceptors (Lipinski definition) is 3. The van der Waals surface area contributed by atoms with Gasteiger partial charge in [0.1, 0.15) is 12.4 Å². The summed E-state index contributed by atoms with van der Waals surface area (Å²) in [6, 6.07) is 24.8. The molecule has 6 nitrogen and oxygen atoms in total. The second-order valence-corrected chi connectivity index (χ2v) is 8.70. The Hall–Kier alpha value is -3.64. The van der Waals surface area contributed by atoms with Crippen molar-refractivity contribution in [2.24, 2.45) is 0 Å². The van der Waals surface area contributed by atoms with Gasteiger partial charge < -0.3 is 14.8 Å². The van der Waals surface area contributed by atoms with Gasteiger partial charge in [0.2, 0.25) is 11.8 Å². The number of carbonyl (C=O) groups excluding carboxylic acids is 2. The van der Waals surface area contributed by atoms with E-state index in [0.717, 1.165) is 22.4 Å². The lowest BCUT2D eigenvalue weighted by atomic mass is 10.1. The molecule has 1 aliphatic rings. The molecule has 1 atom stereocenters. The molecule has 1 fully saturated rings. The smallest absolute Gasteiger partial charge is 0.244 e. The quantitative estimate of drug-likeness (QED) is 0.449. The Morgan fingerprint density at radius 1 is 1.03 bits per heavy atom. The molecule has 1 N–H and O–H groups in total. The van der Waals surface area contributed by atoms with Crippen LogP contribution in [-0.4, -0.2) is 32.8 Å². The van der Waals surface area contributed by atoms with E-state index in [0.29, 0.717) is 30.2 Å². The molecule has 5 rings (SSSR count). The summed E-state index contributed by atoms with van der Waals surface area (Å²) in [4.78, 5) is 32.4. The summed E-state index contributed by atoms with van der Waals surface area (Å²) < 4.78 is 1.93. The average molecular weight is 459 g/mol. The number of benzene rings is 3. The van der Waals surface area contributed by atoms with Gasteiger partial charge in [0.05, 0.1) is 11.0 Å². The van der Waals surface area contributed by atoms with Crippen LogP contribution in [0.5, 0.6) is 0 Å². The second-order valence-electron chi connectivity index (χ2n) is 8.26. The maximum absolute atomic E-state index is 12.9. The summed E-state index contributed by atoms with van der Waals surface area (Å²) in [6.07, 6.45) is 0.381. The molecule has 166 valence electrons. The SMILES string of the molecule is O=C(Cn1c([C@H]2CC(=O)N(Cc3ccccc3)C2)nc2ccccc21)Nc1cccc(Cl)c1. The third-order valence-electron chi connectivity index (χ3n) is 5.89. The fourth-order valence-electron chi connectivity index (χ4n) is 4.38. The van der Waals surface area contributed by atoms with Crippen LogP contribution < -0.4 is 5.32 Å². The predicted molar refractivity (Wildman–Crippen MR) is 129 cm³/mol. The van der Waals surface area contributed by atoms with Crippen LogP contribution in [0, 0.1) is 0 Å². The predicted octanol–water partition coefficient (Wildman–Crippen LogP) is 4.84. The molecule has 1 aliphatic heterocycles. The number of aromatic nitrogens is 2. The first-order chi connectivity index (χ1) is 16.1. The highest BCUT2D eigenvalue weighted by molar-refractivity contribution is 6.30. The molecule has 4 aromatic rings. The van der Waals surface area contributed by atoms with Gasteiger partial charge in [-0.3, -0.25) is 9.59 Å². The molecule has 0 aliphatic carbocycles. The van der Waals surface area contributed by atoms with Crippen LogP contribution >= 0.6 is 11.6 Å². The number of fused-ring (bicyclic) bond motifs is 1. The van der Waals surface area contributed by atoms with Gasteiger partial charge in [-0.05, 0) is 35.9 Å². The third-order valence-corrected chi connectivity index (χ3v) is 6.13. The summed E-state index contributed by atoms with van der Waals surface area (Å²) in [5, 5.41) is 3.46. The van der Waals surface area contributed by atoms with Crippen molar-refractivity contribution in [1.82, 2.24) is 14.5 Å². The van der Waals surface area contributed by atoms with E-state index < -0.39 is 0 Å². The van der Waals surface area contributed by atoms with Crippen LogP contribution in [0.4, 0.5) is 5.69 Å². The Morgan fingerprint density at radius 3 is 2.64 bits per heavy atom. The third kappa shape index (κ3) is 4.61. The molecule has 7 heteroatoms. The summed E-state index contributed by atoms with van der Waals surface area (Å²) in [5.41, 5.74) is 3.43. The topological polar surface area (TPSA) is 67.2 Å². The minimum atomic E-state index is -0.174. The maximum atomic E-state index is 12.9. The number of anilines is 1. The molecule has 3 aromatic carbocycles. The van der Waals surface area contributed by atoms with E-state index >= 15 is 0 Å². The molecule has 0 bridgehead atoms. The molecule has 0 radical (unpaired) electrons. The molecular weight excluding hydrogens is 436 g/mol. The highest BCUT2D eigenvalue weighted by atomic mass is 35.5. The van der Waals surface area contributed by atoms with Gasteiger partial charge in [-0.1, -0.05) is 60.1 Å². The zero-order valence-corrected chi connectivity index (χ0v) is 18.7. The lowest BCUT2D eigenvalue weighted by Crippen LogP contribution is -2.25. The van der Waals surface area contributed by atoms with E-state index in [1.165, 1.54) is 0 Å². The maximum Gasteiger partial charge on any atom is 0.244 e. The van der Waals surface area contributed by atoms with Crippen LogP contribution in [0.25, 0.3) is 11.0 Å². The van der Waals surface area contributed by atoms with Crippen LogP contribution in [-0.2, 0) is 22.7 Å². The number of nitrogens with zero attached hydrogens (tertiary/aromatic N) is 3. The van der Waals surface area contributed by atoms with Crippen molar-refractivity contribution in [3.63, 3.8) is 0 Å². The minimum absolute atomic E-state index is 0.0763. The standard InChI is InChI=1S/C26H23ClN4O2/c27-20-9-6-10-21(14-20)28-24(32)17-31-23-12-5-4-11-22(23)29-26(31)19-13-25(33)30(16-19)15-18-7-2-1-3-8-18/h1-12,14,19H,13,15-17H2,(H,28,32)/t19-/m0/s1. The summed E-state index contributed by atoms with van der Waals surface area (Å²) in [6.45, 7) is 1.25. The molecule has 0 unspecified atom stereocenters. The van der Waals surface area contributed by atoms with Crippen molar-refractivity contribution in [2.75, 3.05) is 11.9 Å². The number of carbonyl (C=O) groups is 2. The molecule has 2 heterocycles. The number of halogens is 1. The normalized spacial score (nSPS) is 15.8. The Morgan fingerprint density at radius 2 is 1.82 bits per heavy atom. The summed E-state index contributed by atoms with van der Waals surface area (Å²) in [5.74, 6) is 0.618. The van der Waals surface area contributed by atoms with E-state index in [9.17, 15) is 9.59 Å². The van der Waals surface area contributed by atoms with E-state index in [1.807, 2.05) is 64.1 Å². The zero-order chi connectivity index (χ0) is 22.8. The van der Waals surface area contributed by atoms with E-state index in [4.69, 9.17) is 16.6 Å². The first-order valence-corrected chi connectivity index (χ1v) is 11.3. The van der Waals surface area contributed by atoms with Crippen molar-refractivity contribution in [3.05, 3.63) is 95.3 Å². The monoisotopic (exact) mass is 458 g/mol. The minimum Gasteiger partial charge on any atom is -0.338 e. The van der Waals surface area contributed by atoms with Gasteiger partial charge in [0.25, 0.3) is 0 Å². The van der Waals surface area contributed by atoms with Crippen molar-refractivity contribution >= 4 is 40.1 Å². The van der Waals surface area contributed by atoms with Crippen molar-refractivity contribution < 1.29 is 9.59 Å². The van der Waals surface area contributed by atoms with Gasteiger partial charge >= 0.3 is 0 Å². The largest absolute Gasteiger partial charge is 0.338 e. The molecule has 0 spiro atoms. The van der Waals surface area contributed by atoms with Crippen LogP contribution in [0.3, 0.4) is 0 Å². The van der Waals surface area contributed by atoms with Gasteiger partial charge in [0, 0.05) is 36.1 Å². The fraction of sp³-hybridized carbons (Fsp3) is 0.192. The lowest BCUT2D eigenvalue weighted by Gasteiger charge is -2.17. The van der Waals surface area contributed by atoms with E-state index in [2.05, 4.69) is 5.32 Å². The molecule has 33 heavy (non-hydrogen) atoms. The van der Waals surface area contributed by atoms with Gasteiger partial charge in [0.15, 0.2) is 0 Å². The average Bonchev–Trinajstić information content (AvgIpc) is 3.35. The fourth-order valence-corrected chi connectivity index (χ4v) is 4.57. The van der Waals surface area contributed by atoms with Crippen molar-refractivity contribution in [1.29, 1.82) is 0 Å². The van der Waals surface area contributed by atoms with Crippen molar-refractivity contribution in [3.8, 4) is 0 Å². The number of nitrogens with one attached hydrogen (secondary N) is 1. The zero-order valence-electron chi connectivity index (χ0n) is 17.9. The number of likely N-dealkylation sites (tertiary alicyclic amines) is 1. The highest BCUT2D eigenvalue weighted by Gasteiger charge is 2.34. The van der Waals surface area contributed by atoms with Crippen LogP contribution in [0.2, 0.25) is 5.02 Å². The molecular formula is C26H23ClN4O2. The van der Waals surface area contributed by atoms with Gasteiger partial charge in [-0.15, -0.1) is 0 Å². The number of hydrogen-bond donors (Lipinski definition) is 1. The first kappa shape index (κ1) is 21.2. The van der Waals surface area contributed by atoms with Crippen LogP contribution in [0.15, 0.2) is 78.9 Å². The Labute approximate surface area is 196 Å². The molecule has 0 saturated carbocycles. The first-order valence-electron chi connectivity index (χ1n) is 10.9. The van der Waals surface area contributed by atoms with Crippen molar-refractivity contribution in [2.45, 2.75) is 25.4 Å². The highest BCUT2D eigenvalue weighted by Crippen LogP contribution is 2.31. The van der Waals surface area contributed by atoms with Crippen LogP contribution in [0.1, 0.15) is 23.7 Å².